The van der Waals surface area contributed by atoms with Crippen molar-refractivity contribution in [2.24, 2.45) is 9.98 Å². The second-order valence-electron chi connectivity index (χ2n) is 3.40. The SMILES string of the molecule is C=CC=N/C1=C(C)/C=C\C(=C)/C=C\C=NC1. The maximum atomic E-state index is 4.30. The first-order valence-corrected chi connectivity index (χ1v) is 5.12. The van der Waals surface area contributed by atoms with Gasteiger partial charge in [0.1, 0.15) is 0 Å². The fourth-order valence-electron chi connectivity index (χ4n) is 1.16. The summed E-state index contributed by atoms with van der Waals surface area (Å²) >= 11 is 0. The predicted octanol–water partition coefficient (Wildman–Crippen LogP) is 3.27. The lowest BCUT2D eigenvalue weighted by Gasteiger charge is -2.02. The Morgan fingerprint density at radius 1 is 1.38 bits per heavy atom. The summed E-state index contributed by atoms with van der Waals surface area (Å²) in [5, 5.41) is 0. The highest BCUT2D eigenvalue weighted by molar-refractivity contribution is 5.73. The second-order valence-corrected chi connectivity index (χ2v) is 3.40. The van der Waals surface area contributed by atoms with Gasteiger partial charge in [0.05, 0.1) is 12.2 Å². The predicted molar refractivity (Wildman–Crippen MR) is 72.2 cm³/mol. The topological polar surface area (TPSA) is 24.7 Å². The largest absolute Gasteiger partial charge is 0.287 e. The van der Waals surface area contributed by atoms with Crippen LogP contribution in [0.15, 0.2) is 70.4 Å². The van der Waals surface area contributed by atoms with Crippen LogP contribution in [-0.4, -0.2) is 19.0 Å². The fourth-order valence-corrected chi connectivity index (χ4v) is 1.16. The van der Waals surface area contributed by atoms with E-state index in [2.05, 4.69) is 23.1 Å². The van der Waals surface area contributed by atoms with Crippen LogP contribution < -0.4 is 0 Å². The van der Waals surface area contributed by atoms with Gasteiger partial charge < -0.3 is 0 Å². The van der Waals surface area contributed by atoms with Gasteiger partial charge in [-0.1, -0.05) is 37.5 Å². The molecular formula is C14H16N2. The fraction of sp³-hybridized carbons (Fsp3) is 0.143. The molecule has 0 aromatic carbocycles. The van der Waals surface area contributed by atoms with Gasteiger partial charge >= 0.3 is 0 Å². The molecule has 0 fully saturated rings. The first kappa shape index (κ1) is 12.1. The molecule has 0 amide bonds. The Balaban J connectivity index is 3.01. The Kier molecular flexibility index (Phi) is 4.93. The van der Waals surface area contributed by atoms with E-state index in [0.29, 0.717) is 6.54 Å². The van der Waals surface area contributed by atoms with E-state index >= 15 is 0 Å². The Bertz CT molecular complexity index is 418. The van der Waals surface area contributed by atoms with Crippen molar-refractivity contribution in [2.45, 2.75) is 6.92 Å². The van der Waals surface area contributed by atoms with E-state index in [4.69, 9.17) is 0 Å². The van der Waals surface area contributed by atoms with Crippen LogP contribution in [0.25, 0.3) is 0 Å². The molecule has 1 rings (SSSR count). The number of allylic oxidation sites excluding steroid dienone is 7. The van der Waals surface area contributed by atoms with Gasteiger partial charge in [-0.05, 0) is 24.1 Å². The lowest BCUT2D eigenvalue weighted by atomic mass is 10.1. The second kappa shape index (κ2) is 6.51. The zero-order valence-electron chi connectivity index (χ0n) is 9.56. The van der Waals surface area contributed by atoms with Gasteiger partial charge in [-0.3, -0.25) is 9.98 Å². The van der Waals surface area contributed by atoms with E-state index in [1.807, 2.05) is 31.2 Å². The molecule has 2 heteroatoms. The lowest BCUT2D eigenvalue weighted by Crippen LogP contribution is -1.91. The van der Waals surface area contributed by atoms with Crippen LogP contribution in [0.5, 0.6) is 0 Å². The molecule has 1 heterocycles. The summed E-state index contributed by atoms with van der Waals surface area (Å²) in [4.78, 5) is 8.56. The molecule has 0 N–H and O–H groups in total. The summed E-state index contributed by atoms with van der Waals surface area (Å²) in [7, 11) is 0. The number of nitrogens with zero attached hydrogens (tertiary/aromatic N) is 2. The Morgan fingerprint density at radius 2 is 2.19 bits per heavy atom. The van der Waals surface area contributed by atoms with Gasteiger partial charge in [-0.2, -0.15) is 0 Å². The van der Waals surface area contributed by atoms with E-state index in [-0.39, 0.29) is 0 Å². The third kappa shape index (κ3) is 4.05. The van der Waals surface area contributed by atoms with E-state index in [9.17, 15) is 0 Å². The third-order valence-electron chi connectivity index (χ3n) is 2.08. The minimum atomic E-state index is 0.581. The molecule has 16 heavy (non-hydrogen) atoms. The molecular weight excluding hydrogens is 196 g/mol. The van der Waals surface area contributed by atoms with Gasteiger partial charge in [-0.15, -0.1) is 0 Å². The zero-order valence-corrected chi connectivity index (χ0v) is 9.56. The molecule has 0 aliphatic carbocycles. The van der Waals surface area contributed by atoms with Gasteiger partial charge in [-0.25, -0.2) is 0 Å². The Labute approximate surface area is 96.8 Å². The molecule has 0 unspecified atom stereocenters. The summed E-state index contributed by atoms with van der Waals surface area (Å²) in [6.07, 6.45) is 12.9. The minimum Gasteiger partial charge on any atom is -0.287 e. The molecule has 1 aliphatic heterocycles. The molecule has 82 valence electrons. The normalized spacial score (nSPS) is 25.7. The van der Waals surface area contributed by atoms with Crippen molar-refractivity contribution in [1.29, 1.82) is 0 Å². The van der Waals surface area contributed by atoms with Crippen LogP contribution in [0.2, 0.25) is 0 Å². The van der Waals surface area contributed by atoms with Crippen LogP contribution in [0.4, 0.5) is 0 Å². The van der Waals surface area contributed by atoms with E-state index in [0.717, 1.165) is 16.8 Å². The summed E-state index contributed by atoms with van der Waals surface area (Å²) < 4.78 is 0. The number of rotatable bonds is 2. The van der Waals surface area contributed by atoms with Gasteiger partial charge in [0.2, 0.25) is 0 Å². The van der Waals surface area contributed by atoms with Crippen molar-refractivity contribution >= 4 is 12.4 Å². The summed E-state index contributed by atoms with van der Waals surface area (Å²) in [6.45, 7) is 10.1. The summed E-state index contributed by atoms with van der Waals surface area (Å²) in [5.74, 6) is 0. The number of hydrogen-bond donors (Lipinski definition) is 0. The van der Waals surface area contributed by atoms with Crippen molar-refractivity contribution in [2.75, 3.05) is 6.54 Å². The zero-order chi connectivity index (χ0) is 11.8. The van der Waals surface area contributed by atoms with Crippen LogP contribution in [0, 0.1) is 0 Å². The highest BCUT2D eigenvalue weighted by atomic mass is 14.8. The van der Waals surface area contributed by atoms with Gasteiger partial charge in [0, 0.05) is 12.4 Å². The lowest BCUT2D eigenvalue weighted by molar-refractivity contribution is 1.08. The highest BCUT2D eigenvalue weighted by Crippen LogP contribution is 2.10. The summed E-state index contributed by atoms with van der Waals surface area (Å²) in [5.41, 5.74) is 2.97. The van der Waals surface area contributed by atoms with E-state index in [1.54, 1.807) is 18.5 Å². The van der Waals surface area contributed by atoms with Crippen molar-refractivity contribution in [3.63, 3.8) is 0 Å². The molecule has 0 saturated heterocycles. The van der Waals surface area contributed by atoms with E-state index < -0.39 is 0 Å². The highest BCUT2D eigenvalue weighted by Gasteiger charge is 1.97. The average Bonchev–Trinajstić information content (AvgIpc) is 2.29. The number of hydrogen-bond acceptors (Lipinski definition) is 2. The summed E-state index contributed by atoms with van der Waals surface area (Å²) in [6, 6.07) is 0. The molecule has 0 bridgehead atoms. The quantitative estimate of drug-likeness (QED) is 0.628. The van der Waals surface area contributed by atoms with Crippen LogP contribution >= 0.6 is 0 Å². The van der Waals surface area contributed by atoms with Crippen molar-refractivity contribution < 1.29 is 0 Å². The molecule has 0 aromatic heterocycles. The molecule has 0 saturated carbocycles. The van der Waals surface area contributed by atoms with Crippen LogP contribution in [0.3, 0.4) is 0 Å². The molecule has 2 nitrogen and oxygen atoms in total. The van der Waals surface area contributed by atoms with Gasteiger partial charge in [0.15, 0.2) is 0 Å². The molecule has 0 spiro atoms. The Hall–Kier alpha value is -1.96. The van der Waals surface area contributed by atoms with Crippen molar-refractivity contribution in [3.05, 3.63) is 60.4 Å². The average molecular weight is 212 g/mol. The van der Waals surface area contributed by atoms with E-state index in [1.165, 1.54) is 0 Å². The first-order chi connectivity index (χ1) is 7.74. The standard InChI is InChI=1S/C14H16N2/c1-4-9-16-14-11-15-10-5-6-12(2)7-8-13(14)3/h4-10H,1-2,11H2,3H3/b6-5-,8-7-,14-13+,15-10?,16-9?. The smallest absolute Gasteiger partial charge is 0.0814 e. The van der Waals surface area contributed by atoms with Gasteiger partial charge in [0.25, 0.3) is 0 Å². The van der Waals surface area contributed by atoms with Crippen molar-refractivity contribution in [3.8, 4) is 0 Å². The molecule has 0 aromatic rings. The van der Waals surface area contributed by atoms with Crippen LogP contribution in [-0.2, 0) is 0 Å². The monoisotopic (exact) mass is 212 g/mol. The molecule has 1 aliphatic rings. The number of aliphatic imine (C=N–C) groups is 2. The molecule has 0 atom stereocenters. The Morgan fingerprint density at radius 3 is 2.94 bits per heavy atom. The third-order valence-corrected chi connectivity index (χ3v) is 2.08. The minimum absolute atomic E-state index is 0.581. The van der Waals surface area contributed by atoms with Crippen LogP contribution in [0.1, 0.15) is 6.92 Å². The maximum absolute atomic E-state index is 4.30. The molecule has 0 radical (unpaired) electrons. The van der Waals surface area contributed by atoms with Crippen molar-refractivity contribution in [1.82, 2.24) is 0 Å². The first-order valence-electron chi connectivity index (χ1n) is 5.12. The maximum Gasteiger partial charge on any atom is 0.0814 e.